The van der Waals surface area contributed by atoms with Gasteiger partial charge in [0.1, 0.15) is 0 Å². The predicted octanol–water partition coefficient (Wildman–Crippen LogP) is 2.30. The van der Waals surface area contributed by atoms with E-state index in [-0.39, 0.29) is 12.3 Å². The summed E-state index contributed by atoms with van der Waals surface area (Å²) >= 11 is 0. The van der Waals surface area contributed by atoms with E-state index in [9.17, 15) is 14.7 Å². The Kier molecular flexibility index (Phi) is 3.22. The van der Waals surface area contributed by atoms with Crippen molar-refractivity contribution in [2.24, 2.45) is 5.41 Å². The third-order valence-electron chi connectivity index (χ3n) is 4.27. The van der Waals surface area contributed by atoms with Crippen molar-refractivity contribution in [1.82, 2.24) is 0 Å². The molecule has 1 fully saturated rings. The number of hydrogen-bond acceptors (Lipinski definition) is 3. The van der Waals surface area contributed by atoms with Gasteiger partial charge in [0.25, 0.3) is 0 Å². The van der Waals surface area contributed by atoms with Crippen LogP contribution in [-0.2, 0) is 27.5 Å². The van der Waals surface area contributed by atoms with E-state index >= 15 is 0 Å². The van der Waals surface area contributed by atoms with Crippen molar-refractivity contribution in [3.8, 4) is 0 Å². The number of anilines is 1. The first-order chi connectivity index (χ1) is 9.59. The van der Waals surface area contributed by atoms with E-state index < -0.39 is 11.4 Å². The first-order valence-electron chi connectivity index (χ1n) is 6.82. The van der Waals surface area contributed by atoms with E-state index in [1.807, 2.05) is 18.2 Å². The molecule has 2 N–H and O–H groups in total. The lowest BCUT2D eigenvalue weighted by atomic mass is 9.66. The van der Waals surface area contributed by atoms with Gasteiger partial charge in [0.05, 0.1) is 18.6 Å². The van der Waals surface area contributed by atoms with Crippen molar-refractivity contribution >= 4 is 17.6 Å². The van der Waals surface area contributed by atoms with Crippen LogP contribution < -0.4 is 5.32 Å². The number of carbonyl (C=O) groups is 2. The third-order valence-corrected chi connectivity index (χ3v) is 4.27. The summed E-state index contributed by atoms with van der Waals surface area (Å²) in [5.74, 6) is -1.09. The maximum Gasteiger partial charge on any atom is 0.310 e. The van der Waals surface area contributed by atoms with Crippen LogP contribution in [0.25, 0.3) is 0 Å². The molecular weight excluding hydrogens is 258 g/mol. The molecule has 5 heteroatoms. The van der Waals surface area contributed by atoms with Gasteiger partial charge in [0.15, 0.2) is 0 Å². The molecule has 1 aromatic rings. The standard InChI is InChI=1S/C15H17NO4/c17-13(7-15(14(18)19)4-1-5-15)16-12-3-2-10-8-20-9-11(10)6-12/h2-3,6H,1,4-5,7-9H2,(H,16,17)(H,18,19). The van der Waals surface area contributed by atoms with Crippen LogP contribution in [-0.4, -0.2) is 17.0 Å². The maximum atomic E-state index is 12.0. The topological polar surface area (TPSA) is 75.6 Å². The van der Waals surface area contributed by atoms with E-state index in [2.05, 4.69) is 5.32 Å². The molecule has 0 spiro atoms. The zero-order valence-electron chi connectivity index (χ0n) is 11.1. The van der Waals surface area contributed by atoms with Gasteiger partial charge in [-0.25, -0.2) is 0 Å². The van der Waals surface area contributed by atoms with Crippen LogP contribution in [0.3, 0.4) is 0 Å². The van der Waals surface area contributed by atoms with Gasteiger partial charge in [-0.05, 0) is 36.1 Å². The number of rotatable bonds is 4. The van der Waals surface area contributed by atoms with Gasteiger partial charge in [-0.15, -0.1) is 0 Å². The molecule has 0 unspecified atom stereocenters. The molecule has 106 valence electrons. The van der Waals surface area contributed by atoms with Crippen LogP contribution in [0.2, 0.25) is 0 Å². The van der Waals surface area contributed by atoms with Gasteiger partial charge in [0, 0.05) is 12.1 Å². The molecular formula is C15H17NO4. The summed E-state index contributed by atoms with van der Waals surface area (Å²) in [6.07, 6.45) is 2.12. The largest absolute Gasteiger partial charge is 0.481 e. The molecule has 20 heavy (non-hydrogen) atoms. The lowest BCUT2D eigenvalue weighted by Crippen LogP contribution is -2.41. The summed E-state index contributed by atoms with van der Waals surface area (Å²) in [7, 11) is 0. The maximum absolute atomic E-state index is 12.0. The molecule has 1 amide bonds. The fourth-order valence-electron chi connectivity index (χ4n) is 2.83. The molecule has 1 aromatic carbocycles. The summed E-state index contributed by atoms with van der Waals surface area (Å²) in [5, 5.41) is 12.0. The first kappa shape index (κ1) is 13.1. The minimum absolute atomic E-state index is 0.0515. The number of nitrogens with one attached hydrogen (secondary N) is 1. The zero-order chi connectivity index (χ0) is 14.2. The van der Waals surface area contributed by atoms with E-state index in [4.69, 9.17) is 4.74 Å². The van der Waals surface area contributed by atoms with Gasteiger partial charge < -0.3 is 15.2 Å². The second kappa shape index (κ2) is 4.90. The summed E-state index contributed by atoms with van der Waals surface area (Å²) in [6.45, 7) is 1.18. The highest BCUT2D eigenvalue weighted by Crippen LogP contribution is 2.44. The first-order valence-corrected chi connectivity index (χ1v) is 6.82. The highest BCUT2D eigenvalue weighted by atomic mass is 16.5. The van der Waals surface area contributed by atoms with Crippen molar-refractivity contribution in [2.45, 2.75) is 38.9 Å². The molecule has 1 aliphatic heterocycles. The zero-order valence-corrected chi connectivity index (χ0v) is 11.1. The van der Waals surface area contributed by atoms with E-state index in [0.29, 0.717) is 31.7 Å². The Morgan fingerprint density at radius 2 is 2.00 bits per heavy atom. The Balaban J connectivity index is 1.66. The molecule has 3 rings (SSSR count). The number of aliphatic carboxylic acids is 1. The Labute approximate surface area is 116 Å². The smallest absolute Gasteiger partial charge is 0.310 e. The fraction of sp³-hybridized carbons (Fsp3) is 0.467. The molecule has 0 aromatic heterocycles. The molecule has 0 bridgehead atoms. The number of carbonyl (C=O) groups excluding carboxylic acids is 1. The van der Waals surface area contributed by atoms with Gasteiger partial charge in [0.2, 0.25) is 5.91 Å². The number of carboxylic acid groups (broad SMARTS) is 1. The average Bonchev–Trinajstić information content (AvgIpc) is 2.80. The van der Waals surface area contributed by atoms with Gasteiger partial charge in [-0.2, -0.15) is 0 Å². The lowest BCUT2D eigenvalue weighted by molar-refractivity contribution is -0.157. The number of hydrogen-bond donors (Lipinski definition) is 2. The Hall–Kier alpha value is -1.88. The monoisotopic (exact) mass is 275 g/mol. The van der Waals surface area contributed by atoms with E-state index in [0.717, 1.165) is 17.5 Å². The summed E-state index contributed by atoms with van der Waals surface area (Å²) in [4.78, 5) is 23.3. The normalized spacial score (nSPS) is 19.0. The second-order valence-electron chi connectivity index (χ2n) is 5.64. The number of ether oxygens (including phenoxy) is 1. The molecule has 5 nitrogen and oxygen atoms in total. The highest BCUT2D eigenvalue weighted by molar-refractivity contribution is 5.94. The number of carboxylic acids is 1. The Morgan fingerprint density at radius 1 is 1.25 bits per heavy atom. The van der Waals surface area contributed by atoms with Crippen LogP contribution in [0, 0.1) is 5.41 Å². The van der Waals surface area contributed by atoms with Crippen molar-refractivity contribution in [3.63, 3.8) is 0 Å². The molecule has 0 atom stereocenters. The molecule has 2 aliphatic rings. The van der Waals surface area contributed by atoms with Crippen molar-refractivity contribution in [1.29, 1.82) is 0 Å². The van der Waals surface area contributed by atoms with Gasteiger partial charge in [-0.3, -0.25) is 9.59 Å². The average molecular weight is 275 g/mol. The lowest BCUT2D eigenvalue weighted by Gasteiger charge is -2.36. The van der Waals surface area contributed by atoms with Gasteiger partial charge in [-0.1, -0.05) is 12.5 Å². The molecule has 0 saturated heterocycles. The van der Waals surface area contributed by atoms with Crippen molar-refractivity contribution in [2.75, 3.05) is 5.32 Å². The molecule has 1 aliphatic carbocycles. The fourth-order valence-corrected chi connectivity index (χ4v) is 2.83. The van der Waals surface area contributed by atoms with Crippen molar-refractivity contribution in [3.05, 3.63) is 29.3 Å². The van der Waals surface area contributed by atoms with E-state index in [1.54, 1.807) is 0 Å². The Bertz CT molecular complexity index is 563. The van der Waals surface area contributed by atoms with E-state index in [1.165, 1.54) is 0 Å². The summed E-state index contributed by atoms with van der Waals surface area (Å²) < 4.78 is 5.32. The summed E-state index contributed by atoms with van der Waals surface area (Å²) in [6, 6.07) is 5.67. The number of fused-ring (bicyclic) bond motifs is 1. The molecule has 0 radical (unpaired) electrons. The molecule has 1 heterocycles. The predicted molar refractivity (Wildman–Crippen MR) is 72.1 cm³/mol. The quantitative estimate of drug-likeness (QED) is 0.884. The Morgan fingerprint density at radius 3 is 2.65 bits per heavy atom. The minimum atomic E-state index is -0.860. The summed E-state index contributed by atoms with van der Waals surface area (Å²) in [5.41, 5.74) is 2.09. The van der Waals surface area contributed by atoms with Crippen LogP contribution >= 0.6 is 0 Å². The number of benzene rings is 1. The third kappa shape index (κ3) is 2.29. The highest BCUT2D eigenvalue weighted by Gasteiger charge is 2.45. The van der Waals surface area contributed by atoms with Crippen LogP contribution in [0.15, 0.2) is 18.2 Å². The molecule has 1 saturated carbocycles. The van der Waals surface area contributed by atoms with Crippen LogP contribution in [0.5, 0.6) is 0 Å². The second-order valence-corrected chi connectivity index (χ2v) is 5.64. The van der Waals surface area contributed by atoms with Gasteiger partial charge >= 0.3 is 5.97 Å². The number of amides is 1. The SMILES string of the molecule is O=C(CC1(C(=O)O)CCC1)Nc1ccc2c(c1)COC2. The van der Waals surface area contributed by atoms with Crippen molar-refractivity contribution < 1.29 is 19.4 Å². The van der Waals surface area contributed by atoms with Crippen LogP contribution in [0.4, 0.5) is 5.69 Å². The minimum Gasteiger partial charge on any atom is -0.481 e. The van der Waals surface area contributed by atoms with Crippen LogP contribution in [0.1, 0.15) is 36.8 Å².